The van der Waals surface area contributed by atoms with E-state index in [1.807, 2.05) is 25.2 Å². The molecule has 0 bridgehead atoms. The molecule has 0 aromatic rings. The normalized spacial score (nSPS) is 27.7. The molecule has 0 spiro atoms. The predicted octanol–water partition coefficient (Wildman–Crippen LogP) is 1.62. The molecule has 0 heterocycles. The second-order valence-electron chi connectivity index (χ2n) is 3.17. The molecule has 13 heavy (non-hydrogen) atoms. The molecule has 0 saturated heterocycles. The van der Waals surface area contributed by atoms with E-state index in [2.05, 4.69) is 0 Å². The van der Waals surface area contributed by atoms with Crippen LogP contribution in [-0.4, -0.2) is 17.5 Å². The minimum atomic E-state index is -0.452. The largest absolute Gasteiger partial charge is 0.388 e. The van der Waals surface area contributed by atoms with Crippen LogP contribution in [-0.2, 0) is 4.79 Å². The summed E-state index contributed by atoms with van der Waals surface area (Å²) in [6, 6.07) is 0. The Hall–Kier alpha value is -1.15. The highest BCUT2D eigenvalue weighted by Crippen LogP contribution is 2.18. The highest BCUT2D eigenvalue weighted by molar-refractivity contribution is 5.51. The fourth-order valence-electron chi connectivity index (χ4n) is 1.30. The van der Waals surface area contributed by atoms with E-state index < -0.39 is 6.10 Å². The summed E-state index contributed by atoms with van der Waals surface area (Å²) >= 11 is 0. The Bertz CT molecular complexity index is 261. The highest BCUT2D eigenvalue weighted by atomic mass is 16.3. The van der Waals surface area contributed by atoms with E-state index >= 15 is 0 Å². The molecule has 2 unspecified atom stereocenters. The van der Waals surface area contributed by atoms with Crippen molar-refractivity contribution in [1.82, 2.24) is 0 Å². The standard InChI is InChI=1S/C11H14O2/c1-9-5-6-11(13)10(8-9)4-2-3-7-12/h2,4-8,10-11,13H,3H2,1H3/b4-2+. The van der Waals surface area contributed by atoms with Gasteiger partial charge in [-0.05, 0) is 6.92 Å². The van der Waals surface area contributed by atoms with Gasteiger partial charge in [-0.1, -0.05) is 36.0 Å². The molecule has 0 radical (unpaired) electrons. The van der Waals surface area contributed by atoms with Gasteiger partial charge in [0.25, 0.3) is 0 Å². The minimum absolute atomic E-state index is 0.0185. The van der Waals surface area contributed by atoms with Crippen molar-refractivity contribution in [1.29, 1.82) is 0 Å². The van der Waals surface area contributed by atoms with E-state index in [0.717, 1.165) is 11.9 Å². The lowest BCUT2D eigenvalue weighted by Gasteiger charge is -2.17. The number of hydrogen-bond donors (Lipinski definition) is 1. The number of allylic oxidation sites excluding steroid dienone is 3. The maximum Gasteiger partial charge on any atom is 0.123 e. The SMILES string of the molecule is CC1=CC(/C=C/CC=O)C(O)C=C1. The van der Waals surface area contributed by atoms with Gasteiger partial charge in [0, 0.05) is 12.3 Å². The van der Waals surface area contributed by atoms with Crippen LogP contribution in [0.5, 0.6) is 0 Å². The monoisotopic (exact) mass is 178 g/mol. The Kier molecular flexibility index (Phi) is 3.65. The molecule has 1 aliphatic carbocycles. The average molecular weight is 178 g/mol. The van der Waals surface area contributed by atoms with Crippen LogP contribution in [0.2, 0.25) is 0 Å². The maximum absolute atomic E-state index is 10.0. The molecule has 1 N–H and O–H groups in total. The summed E-state index contributed by atoms with van der Waals surface area (Å²) in [6.45, 7) is 1.99. The second-order valence-corrected chi connectivity index (χ2v) is 3.17. The first kappa shape index (κ1) is 9.93. The van der Waals surface area contributed by atoms with Crippen molar-refractivity contribution in [3.05, 3.63) is 36.0 Å². The van der Waals surface area contributed by atoms with Crippen LogP contribution < -0.4 is 0 Å². The van der Waals surface area contributed by atoms with Crippen molar-refractivity contribution in [3.63, 3.8) is 0 Å². The van der Waals surface area contributed by atoms with Gasteiger partial charge < -0.3 is 9.90 Å². The zero-order valence-electron chi connectivity index (χ0n) is 7.68. The number of aldehydes is 1. The van der Waals surface area contributed by atoms with E-state index in [0.29, 0.717) is 6.42 Å². The van der Waals surface area contributed by atoms with Gasteiger partial charge in [0.2, 0.25) is 0 Å². The molecule has 0 amide bonds. The molecule has 0 fully saturated rings. The van der Waals surface area contributed by atoms with E-state index in [9.17, 15) is 9.90 Å². The highest BCUT2D eigenvalue weighted by Gasteiger charge is 2.13. The third-order valence-corrected chi connectivity index (χ3v) is 2.00. The fourth-order valence-corrected chi connectivity index (χ4v) is 1.30. The fraction of sp³-hybridized carbons (Fsp3) is 0.364. The number of carbonyl (C=O) groups is 1. The number of hydrogen-bond acceptors (Lipinski definition) is 2. The zero-order chi connectivity index (χ0) is 9.68. The number of rotatable bonds is 3. The van der Waals surface area contributed by atoms with Crippen molar-refractivity contribution in [2.75, 3.05) is 0 Å². The van der Waals surface area contributed by atoms with Gasteiger partial charge in [0.1, 0.15) is 6.29 Å². The molecule has 2 heteroatoms. The average Bonchev–Trinajstić information content (AvgIpc) is 2.11. The van der Waals surface area contributed by atoms with Crippen LogP contribution in [0.4, 0.5) is 0 Å². The summed E-state index contributed by atoms with van der Waals surface area (Å²) in [5.41, 5.74) is 1.14. The summed E-state index contributed by atoms with van der Waals surface area (Å²) in [7, 11) is 0. The Morgan fingerprint density at radius 3 is 3.08 bits per heavy atom. The summed E-state index contributed by atoms with van der Waals surface area (Å²) in [6.07, 6.45) is 10.1. The summed E-state index contributed by atoms with van der Waals surface area (Å²) in [4.78, 5) is 10.0. The third kappa shape index (κ3) is 2.99. The smallest absolute Gasteiger partial charge is 0.123 e. The molecule has 0 aromatic carbocycles. The Morgan fingerprint density at radius 1 is 1.62 bits per heavy atom. The van der Waals surface area contributed by atoms with E-state index in [-0.39, 0.29) is 5.92 Å². The zero-order valence-corrected chi connectivity index (χ0v) is 7.68. The molecule has 2 atom stereocenters. The number of carbonyl (C=O) groups excluding carboxylic acids is 1. The molecule has 0 saturated carbocycles. The van der Waals surface area contributed by atoms with Crippen molar-refractivity contribution in [3.8, 4) is 0 Å². The minimum Gasteiger partial charge on any atom is -0.388 e. The van der Waals surface area contributed by atoms with E-state index in [1.54, 1.807) is 12.2 Å². The van der Waals surface area contributed by atoms with Crippen molar-refractivity contribution in [2.45, 2.75) is 19.4 Å². The van der Waals surface area contributed by atoms with Crippen LogP contribution in [0.1, 0.15) is 13.3 Å². The lowest BCUT2D eigenvalue weighted by Crippen LogP contribution is -2.16. The lowest BCUT2D eigenvalue weighted by molar-refractivity contribution is -0.107. The quantitative estimate of drug-likeness (QED) is 0.526. The van der Waals surface area contributed by atoms with Crippen LogP contribution in [0.3, 0.4) is 0 Å². The van der Waals surface area contributed by atoms with Crippen molar-refractivity contribution >= 4 is 6.29 Å². The second kappa shape index (κ2) is 4.77. The van der Waals surface area contributed by atoms with Gasteiger partial charge in [-0.2, -0.15) is 0 Å². The Morgan fingerprint density at radius 2 is 2.38 bits per heavy atom. The van der Waals surface area contributed by atoms with Crippen LogP contribution in [0.15, 0.2) is 36.0 Å². The number of aliphatic hydroxyl groups excluding tert-OH is 1. The van der Waals surface area contributed by atoms with E-state index in [1.165, 1.54) is 0 Å². The van der Waals surface area contributed by atoms with Gasteiger partial charge in [0.05, 0.1) is 6.10 Å². The summed E-state index contributed by atoms with van der Waals surface area (Å²) in [5.74, 6) is 0.0185. The predicted molar refractivity (Wildman–Crippen MR) is 52.2 cm³/mol. The molecular formula is C11H14O2. The molecule has 0 aliphatic heterocycles. The molecule has 2 nitrogen and oxygen atoms in total. The van der Waals surface area contributed by atoms with E-state index in [4.69, 9.17) is 0 Å². The first-order valence-corrected chi connectivity index (χ1v) is 4.39. The molecule has 70 valence electrons. The van der Waals surface area contributed by atoms with Gasteiger partial charge in [0.15, 0.2) is 0 Å². The van der Waals surface area contributed by atoms with Gasteiger partial charge >= 0.3 is 0 Å². The maximum atomic E-state index is 10.0. The van der Waals surface area contributed by atoms with Crippen LogP contribution in [0, 0.1) is 5.92 Å². The van der Waals surface area contributed by atoms with Gasteiger partial charge in [-0.15, -0.1) is 0 Å². The summed E-state index contributed by atoms with van der Waals surface area (Å²) < 4.78 is 0. The van der Waals surface area contributed by atoms with Crippen LogP contribution >= 0.6 is 0 Å². The van der Waals surface area contributed by atoms with Crippen LogP contribution in [0.25, 0.3) is 0 Å². The van der Waals surface area contributed by atoms with Gasteiger partial charge in [-0.25, -0.2) is 0 Å². The molecule has 0 aromatic heterocycles. The van der Waals surface area contributed by atoms with Crippen molar-refractivity contribution in [2.24, 2.45) is 5.92 Å². The lowest BCUT2D eigenvalue weighted by atomic mass is 9.93. The molecular weight excluding hydrogens is 164 g/mol. The third-order valence-electron chi connectivity index (χ3n) is 2.00. The summed E-state index contributed by atoms with van der Waals surface area (Å²) in [5, 5.41) is 9.52. The Balaban J connectivity index is 2.58. The van der Waals surface area contributed by atoms with Crippen molar-refractivity contribution < 1.29 is 9.90 Å². The number of aliphatic hydroxyl groups is 1. The first-order valence-electron chi connectivity index (χ1n) is 4.39. The Labute approximate surface area is 78.3 Å². The molecule has 1 aliphatic rings. The van der Waals surface area contributed by atoms with Gasteiger partial charge in [-0.3, -0.25) is 0 Å². The first-order chi connectivity index (χ1) is 6.24. The molecule has 1 rings (SSSR count). The topological polar surface area (TPSA) is 37.3 Å².